The van der Waals surface area contributed by atoms with E-state index in [1.165, 1.54) is 18.5 Å². The minimum Gasteiger partial charge on any atom is -0.383 e. The highest BCUT2D eigenvalue weighted by Gasteiger charge is 2.09. The molecule has 0 fully saturated rings. The highest BCUT2D eigenvalue weighted by molar-refractivity contribution is 5.58. The smallest absolute Gasteiger partial charge is 0.279 e. The molecule has 0 aromatic carbocycles. The van der Waals surface area contributed by atoms with E-state index in [4.69, 9.17) is 0 Å². The van der Waals surface area contributed by atoms with E-state index in [1.54, 1.807) is 17.2 Å². The van der Waals surface area contributed by atoms with Gasteiger partial charge in [0.25, 0.3) is 5.69 Å². The summed E-state index contributed by atoms with van der Waals surface area (Å²) in [6.45, 7) is 0. The van der Waals surface area contributed by atoms with Gasteiger partial charge in [0.05, 0.1) is 10.5 Å². The van der Waals surface area contributed by atoms with Gasteiger partial charge in [0, 0.05) is 32.6 Å². The first kappa shape index (κ1) is 10.2. The van der Waals surface area contributed by atoms with E-state index in [1.807, 2.05) is 14.1 Å². The number of nitrogens with zero attached hydrogens (tertiary/aromatic N) is 3. The van der Waals surface area contributed by atoms with Crippen LogP contribution in [0.15, 0.2) is 24.7 Å². The van der Waals surface area contributed by atoms with E-state index in [2.05, 4.69) is 4.98 Å². The molecule has 74 valence electrons. The monoisotopic (exact) mass is 193 g/mol. The average molecular weight is 193 g/mol. The van der Waals surface area contributed by atoms with Gasteiger partial charge in [-0.3, -0.25) is 15.1 Å². The second kappa shape index (κ2) is 4.36. The van der Waals surface area contributed by atoms with Crippen LogP contribution in [-0.4, -0.2) is 28.9 Å². The molecule has 0 aliphatic rings. The first-order valence-corrected chi connectivity index (χ1v) is 4.04. The highest BCUT2D eigenvalue weighted by Crippen LogP contribution is 2.17. The Balaban J connectivity index is 3.02. The number of hydrogen-bond donors (Lipinski definition) is 0. The van der Waals surface area contributed by atoms with Gasteiger partial charge in [0.1, 0.15) is 0 Å². The summed E-state index contributed by atoms with van der Waals surface area (Å²) in [5.74, 6) is 0. The van der Waals surface area contributed by atoms with E-state index in [0.29, 0.717) is 5.56 Å². The quantitative estimate of drug-likeness (QED) is 0.539. The maximum atomic E-state index is 10.6. The van der Waals surface area contributed by atoms with E-state index in [0.717, 1.165) is 0 Å². The molecule has 1 aromatic heterocycles. The molecule has 5 nitrogen and oxygen atoms in total. The Morgan fingerprint density at radius 1 is 1.57 bits per heavy atom. The van der Waals surface area contributed by atoms with Gasteiger partial charge in [0.15, 0.2) is 0 Å². The fraction of sp³-hybridized carbons (Fsp3) is 0.222. The SMILES string of the molecule is CN(C)/C=C/c1cnccc1[N+](=O)[O-]. The lowest BCUT2D eigenvalue weighted by atomic mass is 10.2. The average Bonchev–Trinajstić information content (AvgIpc) is 2.15. The van der Waals surface area contributed by atoms with E-state index in [9.17, 15) is 10.1 Å². The van der Waals surface area contributed by atoms with Crippen molar-refractivity contribution < 1.29 is 4.92 Å². The molecule has 0 bridgehead atoms. The molecule has 0 aliphatic carbocycles. The molecule has 0 spiro atoms. The maximum Gasteiger partial charge on any atom is 0.279 e. The van der Waals surface area contributed by atoms with Gasteiger partial charge < -0.3 is 4.90 Å². The summed E-state index contributed by atoms with van der Waals surface area (Å²) in [6.07, 6.45) is 6.28. The second-order valence-corrected chi connectivity index (χ2v) is 2.97. The van der Waals surface area contributed by atoms with Crippen molar-refractivity contribution in [2.75, 3.05) is 14.1 Å². The van der Waals surface area contributed by atoms with Crippen LogP contribution in [0.25, 0.3) is 6.08 Å². The summed E-state index contributed by atoms with van der Waals surface area (Å²) in [7, 11) is 3.69. The van der Waals surface area contributed by atoms with Gasteiger partial charge in [-0.05, 0) is 12.3 Å². The molecule has 0 amide bonds. The lowest BCUT2D eigenvalue weighted by molar-refractivity contribution is -0.385. The Bertz CT molecular complexity index is 361. The number of rotatable bonds is 3. The molecule has 1 heterocycles. The summed E-state index contributed by atoms with van der Waals surface area (Å²) < 4.78 is 0. The first-order chi connectivity index (χ1) is 6.61. The van der Waals surface area contributed by atoms with Gasteiger partial charge >= 0.3 is 0 Å². The number of hydrogen-bond acceptors (Lipinski definition) is 4. The Morgan fingerprint density at radius 3 is 2.86 bits per heavy atom. The van der Waals surface area contributed by atoms with Crippen LogP contribution < -0.4 is 0 Å². The van der Waals surface area contributed by atoms with Crippen LogP contribution in [0.4, 0.5) is 5.69 Å². The molecule has 14 heavy (non-hydrogen) atoms. The van der Waals surface area contributed by atoms with Crippen molar-refractivity contribution in [3.05, 3.63) is 40.3 Å². The third kappa shape index (κ3) is 2.55. The largest absolute Gasteiger partial charge is 0.383 e. The summed E-state index contributed by atoms with van der Waals surface area (Å²) >= 11 is 0. The van der Waals surface area contributed by atoms with Crippen LogP contribution in [0.3, 0.4) is 0 Å². The van der Waals surface area contributed by atoms with Gasteiger partial charge in [-0.25, -0.2) is 0 Å². The second-order valence-electron chi connectivity index (χ2n) is 2.97. The van der Waals surface area contributed by atoms with Crippen molar-refractivity contribution in [3.63, 3.8) is 0 Å². The van der Waals surface area contributed by atoms with E-state index in [-0.39, 0.29) is 5.69 Å². The molecule has 0 N–H and O–H groups in total. The third-order valence-corrected chi connectivity index (χ3v) is 1.58. The molecule has 0 saturated heterocycles. The molecule has 0 radical (unpaired) electrons. The topological polar surface area (TPSA) is 59.3 Å². The van der Waals surface area contributed by atoms with Gasteiger partial charge in [-0.2, -0.15) is 0 Å². The summed E-state index contributed by atoms with van der Waals surface area (Å²) in [5, 5.41) is 10.6. The molecular formula is C9H11N3O2. The van der Waals surface area contributed by atoms with Crippen molar-refractivity contribution in [3.8, 4) is 0 Å². The van der Waals surface area contributed by atoms with Crippen molar-refractivity contribution >= 4 is 11.8 Å². The first-order valence-electron chi connectivity index (χ1n) is 4.04. The zero-order chi connectivity index (χ0) is 10.6. The van der Waals surface area contributed by atoms with Crippen molar-refractivity contribution in [2.24, 2.45) is 0 Å². The van der Waals surface area contributed by atoms with Gasteiger partial charge in [-0.1, -0.05) is 0 Å². The van der Waals surface area contributed by atoms with Crippen LogP contribution in [0, 0.1) is 10.1 Å². The van der Waals surface area contributed by atoms with Crippen LogP contribution in [-0.2, 0) is 0 Å². The summed E-state index contributed by atoms with van der Waals surface area (Å²) in [4.78, 5) is 15.8. The molecule has 0 aliphatic heterocycles. The highest BCUT2D eigenvalue weighted by atomic mass is 16.6. The normalized spacial score (nSPS) is 10.4. The molecular weight excluding hydrogens is 182 g/mol. The van der Waals surface area contributed by atoms with Crippen molar-refractivity contribution in [2.45, 2.75) is 0 Å². The Morgan fingerprint density at radius 2 is 2.29 bits per heavy atom. The van der Waals surface area contributed by atoms with Gasteiger partial charge in [0.2, 0.25) is 0 Å². The fourth-order valence-electron chi connectivity index (χ4n) is 0.923. The van der Waals surface area contributed by atoms with Crippen LogP contribution in [0.5, 0.6) is 0 Å². The van der Waals surface area contributed by atoms with Crippen molar-refractivity contribution in [1.82, 2.24) is 9.88 Å². The van der Waals surface area contributed by atoms with Gasteiger partial charge in [-0.15, -0.1) is 0 Å². The lowest BCUT2D eigenvalue weighted by Gasteiger charge is -2.02. The zero-order valence-corrected chi connectivity index (χ0v) is 8.04. The Hall–Kier alpha value is -1.91. The number of pyridine rings is 1. The predicted molar refractivity (Wildman–Crippen MR) is 53.6 cm³/mol. The number of aromatic nitrogens is 1. The minimum absolute atomic E-state index is 0.0677. The Kier molecular flexibility index (Phi) is 3.17. The molecule has 0 unspecified atom stereocenters. The molecule has 1 aromatic rings. The van der Waals surface area contributed by atoms with E-state index >= 15 is 0 Å². The fourth-order valence-corrected chi connectivity index (χ4v) is 0.923. The zero-order valence-electron chi connectivity index (χ0n) is 8.04. The molecule has 5 heteroatoms. The van der Waals surface area contributed by atoms with Crippen molar-refractivity contribution in [1.29, 1.82) is 0 Å². The molecule has 1 rings (SSSR count). The molecule has 0 atom stereocenters. The van der Waals surface area contributed by atoms with Crippen LogP contribution >= 0.6 is 0 Å². The minimum atomic E-state index is -0.420. The van der Waals surface area contributed by atoms with Crippen LogP contribution in [0.2, 0.25) is 0 Å². The standard InChI is InChI=1S/C9H11N3O2/c1-11(2)6-4-8-7-10-5-3-9(8)12(13)14/h3-7H,1-2H3/b6-4+. The maximum absolute atomic E-state index is 10.6. The van der Waals surface area contributed by atoms with Crippen LogP contribution in [0.1, 0.15) is 5.56 Å². The number of nitro groups is 1. The Labute approximate surface area is 81.8 Å². The molecule has 0 saturated carbocycles. The third-order valence-electron chi connectivity index (χ3n) is 1.58. The predicted octanol–water partition coefficient (Wildman–Crippen LogP) is 1.52. The lowest BCUT2D eigenvalue weighted by Crippen LogP contribution is -2.00. The summed E-state index contributed by atoms with van der Waals surface area (Å²) in [6, 6.07) is 1.38. The van der Waals surface area contributed by atoms with E-state index < -0.39 is 4.92 Å². The summed E-state index contributed by atoms with van der Waals surface area (Å²) in [5.41, 5.74) is 0.573.